The lowest BCUT2D eigenvalue weighted by Gasteiger charge is -2.33. The van der Waals surface area contributed by atoms with Crippen LogP contribution in [-0.2, 0) is 0 Å². The van der Waals surface area contributed by atoms with Crippen molar-refractivity contribution < 1.29 is 5.11 Å². The number of aromatic nitrogens is 1. The van der Waals surface area contributed by atoms with E-state index < -0.39 is 0 Å². The van der Waals surface area contributed by atoms with Gasteiger partial charge in [0.1, 0.15) is 5.69 Å². The lowest BCUT2D eigenvalue weighted by Crippen LogP contribution is -2.40. The Bertz CT molecular complexity index is 1200. The van der Waals surface area contributed by atoms with Crippen molar-refractivity contribution in [3.63, 3.8) is 0 Å². The molecule has 1 aliphatic carbocycles. The highest BCUT2D eigenvalue weighted by molar-refractivity contribution is 6.30. The molecule has 1 unspecified atom stereocenters. The first-order valence-electron chi connectivity index (χ1n) is 12.1. The van der Waals surface area contributed by atoms with Gasteiger partial charge >= 0.3 is 0 Å². The standard InChI is InChI=1S/C30H29ClN2O/c31-27-14-11-24(12-15-27)26-13-17-28(32-20-26)16-8-22-6-9-23(10-7-22)25-3-1-4-29(19-25)33-18-2-5-30(33)21-34/h6-7,9-15,17,19-20,29-30,34H,1-5,18,21H2/t29-,30?/m0/s1. The van der Waals surface area contributed by atoms with Gasteiger partial charge in [-0.25, -0.2) is 4.98 Å². The van der Waals surface area contributed by atoms with Crippen LogP contribution in [0.3, 0.4) is 0 Å². The molecule has 3 aromatic rings. The maximum absolute atomic E-state index is 9.70. The third kappa shape index (κ3) is 5.26. The maximum atomic E-state index is 9.70. The first-order chi connectivity index (χ1) is 16.7. The van der Waals surface area contributed by atoms with Gasteiger partial charge in [0.25, 0.3) is 0 Å². The molecule has 3 nitrogen and oxygen atoms in total. The number of hydrogen-bond acceptors (Lipinski definition) is 3. The average Bonchev–Trinajstić information content (AvgIpc) is 3.38. The lowest BCUT2D eigenvalue weighted by molar-refractivity contribution is 0.130. The number of pyridine rings is 1. The average molecular weight is 469 g/mol. The first-order valence-corrected chi connectivity index (χ1v) is 12.5. The van der Waals surface area contributed by atoms with Gasteiger partial charge in [0.05, 0.1) is 6.61 Å². The normalized spacial score (nSPS) is 20.5. The minimum Gasteiger partial charge on any atom is -0.395 e. The second kappa shape index (κ2) is 10.6. The molecule has 2 atom stereocenters. The number of benzene rings is 2. The summed E-state index contributed by atoms with van der Waals surface area (Å²) in [7, 11) is 0. The Morgan fingerprint density at radius 3 is 2.38 bits per heavy atom. The molecule has 1 saturated heterocycles. The third-order valence-corrected chi connectivity index (χ3v) is 7.18. The minimum atomic E-state index is 0.270. The smallest absolute Gasteiger partial charge is 0.113 e. The Labute approximate surface area is 207 Å². The van der Waals surface area contributed by atoms with Crippen LogP contribution in [-0.4, -0.2) is 40.2 Å². The summed E-state index contributed by atoms with van der Waals surface area (Å²) in [4.78, 5) is 7.01. The largest absolute Gasteiger partial charge is 0.395 e. The highest BCUT2D eigenvalue weighted by Gasteiger charge is 2.30. The van der Waals surface area contributed by atoms with Crippen LogP contribution in [0.25, 0.3) is 16.7 Å². The molecular formula is C30H29ClN2O. The van der Waals surface area contributed by atoms with Crippen molar-refractivity contribution in [1.29, 1.82) is 0 Å². The SMILES string of the molecule is OCC1CCCN1[C@@H]1C=C(c2ccc(C#Cc3ccc(-c4ccc(Cl)cc4)cn3)cc2)CCC1. The van der Waals surface area contributed by atoms with Gasteiger partial charge in [-0.15, -0.1) is 0 Å². The van der Waals surface area contributed by atoms with Gasteiger partial charge in [-0.2, -0.15) is 0 Å². The van der Waals surface area contributed by atoms with Gasteiger partial charge in [0.2, 0.25) is 0 Å². The Balaban J connectivity index is 1.26. The molecule has 1 fully saturated rings. The molecule has 2 heterocycles. The van der Waals surface area contributed by atoms with E-state index in [0.717, 1.165) is 46.8 Å². The Morgan fingerprint density at radius 2 is 1.65 bits per heavy atom. The van der Waals surface area contributed by atoms with Gasteiger partial charge in [0, 0.05) is 34.4 Å². The van der Waals surface area contributed by atoms with E-state index in [1.165, 1.54) is 30.4 Å². The fourth-order valence-corrected chi connectivity index (χ4v) is 5.20. The molecule has 1 aromatic heterocycles. The predicted octanol–water partition coefficient (Wildman–Crippen LogP) is 6.19. The number of rotatable bonds is 4. The summed E-state index contributed by atoms with van der Waals surface area (Å²) >= 11 is 5.97. The molecule has 5 rings (SSSR count). The van der Waals surface area contributed by atoms with Gasteiger partial charge in [0.15, 0.2) is 0 Å². The molecule has 2 aromatic carbocycles. The maximum Gasteiger partial charge on any atom is 0.113 e. The number of hydrogen-bond donors (Lipinski definition) is 1. The van der Waals surface area contributed by atoms with Gasteiger partial charge < -0.3 is 5.11 Å². The molecule has 0 amide bonds. The monoisotopic (exact) mass is 468 g/mol. The molecule has 1 N–H and O–H groups in total. The summed E-state index contributed by atoms with van der Waals surface area (Å²) in [5, 5.41) is 10.4. The van der Waals surface area contributed by atoms with E-state index in [0.29, 0.717) is 12.1 Å². The number of aliphatic hydroxyl groups is 1. The zero-order valence-corrected chi connectivity index (χ0v) is 20.0. The zero-order valence-electron chi connectivity index (χ0n) is 19.3. The van der Waals surface area contributed by atoms with Crippen LogP contribution in [0.15, 0.2) is 72.9 Å². The second-order valence-electron chi connectivity index (χ2n) is 9.13. The summed E-state index contributed by atoms with van der Waals surface area (Å²) in [6.07, 6.45) is 10.1. The summed E-state index contributed by atoms with van der Waals surface area (Å²) in [5.41, 5.74) is 6.57. The number of likely N-dealkylation sites (tertiary alicyclic amines) is 1. The molecular weight excluding hydrogens is 440 g/mol. The highest BCUT2D eigenvalue weighted by atomic mass is 35.5. The summed E-state index contributed by atoms with van der Waals surface area (Å²) < 4.78 is 0. The number of allylic oxidation sites excluding steroid dienone is 1. The summed E-state index contributed by atoms with van der Waals surface area (Å²) in [6, 6.07) is 21.1. The van der Waals surface area contributed by atoms with Crippen molar-refractivity contribution in [2.24, 2.45) is 0 Å². The van der Waals surface area contributed by atoms with Gasteiger partial charge in [-0.05, 0) is 91.6 Å². The Morgan fingerprint density at radius 1 is 0.882 bits per heavy atom. The van der Waals surface area contributed by atoms with Crippen molar-refractivity contribution >= 4 is 17.2 Å². The van der Waals surface area contributed by atoms with Crippen molar-refractivity contribution in [3.8, 4) is 23.0 Å². The number of aliphatic hydroxyl groups excluding tert-OH is 1. The second-order valence-corrected chi connectivity index (χ2v) is 9.57. The molecule has 0 spiro atoms. The fraction of sp³-hybridized carbons (Fsp3) is 0.300. The molecule has 34 heavy (non-hydrogen) atoms. The number of nitrogens with zero attached hydrogens (tertiary/aromatic N) is 2. The van der Waals surface area contributed by atoms with E-state index in [4.69, 9.17) is 11.6 Å². The van der Waals surface area contributed by atoms with E-state index >= 15 is 0 Å². The van der Waals surface area contributed by atoms with Crippen molar-refractivity contribution in [3.05, 3.63) is 94.8 Å². The Hall–Kier alpha value is -2.90. The van der Waals surface area contributed by atoms with E-state index in [9.17, 15) is 5.11 Å². The van der Waals surface area contributed by atoms with Gasteiger partial charge in [-0.3, -0.25) is 4.90 Å². The van der Waals surface area contributed by atoms with Crippen LogP contribution in [0, 0.1) is 11.8 Å². The van der Waals surface area contributed by atoms with Crippen LogP contribution >= 0.6 is 11.6 Å². The molecule has 0 bridgehead atoms. The molecule has 4 heteroatoms. The Kier molecular flexibility index (Phi) is 7.11. The molecule has 1 aliphatic heterocycles. The van der Waals surface area contributed by atoms with Crippen molar-refractivity contribution in [1.82, 2.24) is 9.88 Å². The minimum absolute atomic E-state index is 0.270. The van der Waals surface area contributed by atoms with Crippen LogP contribution in [0.1, 0.15) is 48.9 Å². The molecule has 172 valence electrons. The quantitative estimate of drug-likeness (QED) is 0.463. The molecule has 0 radical (unpaired) electrons. The summed E-state index contributed by atoms with van der Waals surface area (Å²) in [6.45, 7) is 1.37. The zero-order chi connectivity index (χ0) is 23.3. The number of halogens is 1. The van der Waals surface area contributed by atoms with E-state index in [1.54, 1.807) is 0 Å². The van der Waals surface area contributed by atoms with Crippen LogP contribution in [0.4, 0.5) is 0 Å². The molecule has 2 aliphatic rings. The predicted molar refractivity (Wildman–Crippen MR) is 140 cm³/mol. The third-order valence-electron chi connectivity index (χ3n) is 6.93. The van der Waals surface area contributed by atoms with Crippen LogP contribution in [0.2, 0.25) is 5.02 Å². The topological polar surface area (TPSA) is 36.4 Å². The lowest BCUT2D eigenvalue weighted by atomic mass is 9.89. The highest BCUT2D eigenvalue weighted by Crippen LogP contribution is 2.32. The van der Waals surface area contributed by atoms with E-state index in [-0.39, 0.29) is 6.61 Å². The van der Waals surface area contributed by atoms with E-state index in [1.807, 2.05) is 42.6 Å². The van der Waals surface area contributed by atoms with Crippen molar-refractivity contribution in [2.45, 2.75) is 44.2 Å². The van der Waals surface area contributed by atoms with Gasteiger partial charge in [-0.1, -0.05) is 53.9 Å². The van der Waals surface area contributed by atoms with Crippen LogP contribution < -0.4 is 0 Å². The van der Waals surface area contributed by atoms with Crippen molar-refractivity contribution in [2.75, 3.05) is 13.2 Å². The fourth-order valence-electron chi connectivity index (χ4n) is 5.08. The molecule has 0 saturated carbocycles. The summed E-state index contributed by atoms with van der Waals surface area (Å²) in [5.74, 6) is 6.42. The van der Waals surface area contributed by atoms with E-state index in [2.05, 4.69) is 52.1 Å². The van der Waals surface area contributed by atoms with Crippen LogP contribution in [0.5, 0.6) is 0 Å². The first kappa shape index (κ1) is 22.9.